The SMILES string of the molecule is Cc1ccc(N2C[C@@H](C(=O)Oc3ccc(N4C(=O)[C@H]5CCCC[C@H]5C4=O)cc3)CC2=O)cc1Cl. The molecule has 2 heterocycles. The standard InChI is InChI=1S/C26H25ClN2O5/c1-15-6-7-18(13-22(15)27)28-14-16(12-23(28)30)26(33)34-19-10-8-17(9-11-19)29-24(31)20-4-2-3-5-21(20)25(29)32/h6-11,13,16,20-21H,2-5,12,14H2,1H3/t16-,20-,21+/m0/s1. The van der Waals surface area contributed by atoms with Crippen molar-refractivity contribution in [2.24, 2.45) is 17.8 Å². The number of halogens is 1. The maximum Gasteiger partial charge on any atom is 0.316 e. The van der Waals surface area contributed by atoms with Crippen molar-refractivity contribution in [3.05, 3.63) is 53.1 Å². The molecule has 176 valence electrons. The van der Waals surface area contributed by atoms with Gasteiger partial charge in [0.2, 0.25) is 17.7 Å². The van der Waals surface area contributed by atoms with Crippen LogP contribution in [0.15, 0.2) is 42.5 Å². The van der Waals surface area contributed by atoms with E-state index in [0.717, 1.165) is 31.2 Å². The molecule has 1 aliphatic carbocycles. The first kappa shape index (κ1) is 22.6. The molecule has 2 saturated heterocycles. The Hall–Kier alpha value is -3.19. The van der Waals surface area contributed by atoms with Gasteiger partial charge in [-0.2, -0.15) is 0 Å². The molecule has 0 unspecified atom stereocenters. The highest BCUT2D eigenvalue weighted by atomic mass is 35.5. The molecular formula is C26H25ClN2O5. The summed E-state index contributed by atoms with van der Waals surface area (Å²) in [5, 5.41) is 0.561. The largest absolute Gasteiger partial charge is 0.426 e. The minimum absolute atomic E-state index is 0.0575. The summed E-state index contributed by atoms with van der Waals surface area (Å²) in [7, 11) is 0. The highest BCUT2D eigenvalue weighted by Gasteiger charge is 2.48. The first-order chi connectivity index (χ1) is 16.3. The van der Waals surface area contributed by atoms with Crippen LogP contribution in [-0.4, -0.2) is 30.2 Å². The lowest BCUT2D eigenvalue weighted by Crippen LogP contribution is -2.30. The zero-order valence-electron chi connectivity index (χ0n) is 18.8. The Labute approximate surface area is 202 Å². The summed E-state index contributed by atoms with van der Waals surface area (Å²) in [4.78, 5) is 53.6. The fourth-order valence-corrected chi connectivity index (χ4v) is 5.32. The fourth-order valence-electron chi connectivity index (χ4n) is 5.14. The number of hydrogen-bond acceptors (Lipinski definition) is 5. The van der Waals surface area contributed by atoms with Crippen LogP contribution >= 0.6 is 11.6 Å². The fraction of sp³-hybridized carbons (Fsp3) is 0.385. The summed E-state index contributed by atoms with van der Waals surface area (Å²) in [6.45, 7) is 2.10. The lowest BCUT2D eigenvalue weighted by atomic mass is 9.81. The van der Waals surface area contributed by atoms with Gasteiger partial charge in [-0.15, -0.1) is 0 Å². The molecule has 0 aromatic heterocycles. The number of esters is 1. The molecular weight excluding hydrogens is 456 g/mol. The zero-order valence-corrected chi connectivity index (χ0v) is 19.6. The molecule has 5 rings (SSSR count). The molecule has 0 bridgehead atoms. The third-order valence-corrected chi connectivity index (χ3v) is 7.49. The molecule has 2 aliphatic heterocycles. The van der Waals surface area contributed by atoms with Gasteiger partial charge in [0.25, 0.3) is 0 Å². The number of carbonyl (C=O) groups is 4. The van der Waals surface area contributed by atoms with Crippen molar-refractivity contribution in [1.82, 2.24) is 0 Å². The Morgan fingerprint density at radius 2 is 1.56 bits per heavy atom. The van der Waals surface area contributed by atoms with Crippen molar-refractivity contribution in [1.29, 1.82) is 0 Å². The molecule has 0 spiro atoms. The smallest absolute Gasteiger partial charge is 0.316 e. The van der Waals surface area contributed by atoms with E-state index in [2.05, 4.69) is 0 Å². The number of nitrogens with zero attached hydrogens (tertiary/aromatic N) is 2. The Morgan fingerprint density at radius 3 is 2.18 bits per heavy atom. The van der Waals surface area contributed by atoms with Crippen LogP contribution < -0.4 is 14.5 Å². The zero-order chi connectivity index (χ0) is 24.0. The van der Waals surface area contributed by atoms with Crippen LogP contribution in [0, 0.1) is 24.7 Å². The van der Waals surface area contributed by atoms with Gasteiger partial charge in [-0.1, -0.05) is 30.5 Å². The monoisotopic (exact) mass is 480 g/mol. The number of fused-ring (bicyclic) bond motifs is 1. The molecule has 7 nitrogen and oxygen atoms in total. The van der Waals surface area contributed by atoms with Gasteiger partial charge in [0.05, 0.1) is 23.4 Å². The quantitative estimate of drug-likeness (QED) is 0.370. The van der Waals surface area contributed by atoms with E-state index in [1.807, 2.05) is 19.1 Å². The van der Waals surface area contributed by atoms with Gasteiger partial charge in [0.1, 0.15) is 5.75 Å². The first-order valence-electron chi connectivity index (χ1n) is 11.6. The third kappa shape index (κ3) is 3.98. The highest BCUT2D eigenvalue weighted by Crippen LogP contribution is 2.40. The van der Waals surface area contributed by atoms with Crippen LogP contribution in [0.25, 0.3) is 0 Å². The Morgan fingerprint density at radius 1 is 0.941 bits per heavy atom. The summed E-state index contributed by atoms with van der Waals surface area (Å²) in [5.74, 6) is -1.67. The average molecular weight is 481 g/mol. The summed E-state index contributed by atoms with van der Waals surface area (Å²) in [6, 6.07) is 11.8. The van der Waals surface area contributed by atoms with Crippen molar-refractivity contribution in [3.63, 3.8) is 0 Å². The van der Waals surface area contributed by atoms with Crippen LogP contribution in [-0.2, 0) is 19.2 Å². The van der Waals surface area contributed by atoms with Crippen LogP contribution in [0.5, 0.6) is 5.75 Å². The molecule has 3 amide bonds. The second-order valence-electron chi connectivity index (χ2n) is 9.26. The van der Waals surface area contributed by atoms with Crippen LogP contribution in [0.4, 0.5) is 11.4 Å². The molecule has 3 aliphatic rings. The molecule has 0 radical (unpaired) electrons. The van der Waals surface area contributed by atoms with Crippen molar-refractivity contribution in [2.75, 3.05) is 16.3 Å². The number of hydrogen-bond donors (Lipinski definition) is 0. The van der Waals surface area contributed by atoms with Crippen LogP contribution in [0.2, 0.25) is 5.02 Å². The lowest BCUT2D eigenvalue weighted by Gasteiger charge is -2.19. The first-order valence-corrected chi connectivity index (χ1v) is 12.0. The molecule has 3 atom stereocenters. The third-order valence-electron chi connectivity index (χ3n) is 7.08. The van der Waals surface area contributed by atoms with Gasteiger partial charge in [0, 0.05) is 23.7 Å². The van der Waals surface area contributed by atoms with E-state index >= 15 is 0 Å². The Kier molecular flexibility index (Phi) is 5.90. The number of amides is 3. The lowest BCUT2D eigenvalue weighted by molar-refractivity contribution is -0.139. The van der Waals surface area contributed by atoms with Crippen LogP contribution in [0.1, 0.15) is 37.7 Å². The van der Waals surface area contributed by atoms with E-state index in [-0.39, 0.29) is 42.5 Å². The number of anilines is 2. The molecule has 1 saturated carbocycles. The molecule has 2 aromatic rings. The van der Waals surface area contributed by atoms with Gasteiger partial charge < -0.3 is 9.64 Å². The normalized spacial score (nSPS) is 24.5. The predicted molar refractivity (Wildman–Crippen MR) is 127 cm³/mol. The second kappa shape index (κ2) is 8.87. The number of benzene rings is 2. The summed E-state index contributed by atoms with van der Waals surface area (Å²) in [6.07, 6.45) is 3.52. The van der Waals surface area contributed by atoms with E-state index < -0.39 is 11.9 Å². The minimum Gasteiger partial charge on any atom is -0.426 e. The molecule has 3 fully saturated rings. The van der Waals surface area contributed by atoms with E-state index in [0.29, 0.717) is 22.1 Å². The van der Waals surface area contributed by atoms with Gasteiger partial charge >= 0.3 is 5.97 Å². The van der Waals surface area contributed by atoms with Crippen molar-refractivity contribution >= 4 is 46.7 Å². The Balaban J connectivity index is 1.24. The van der Waals surface area contributed by atoms with Crippen molar-refractivity contribution < 1.29 is 23.9 Å². The molecule has 8 heteroatoms. The van der Waals surface area contributed by atoms with E-state index in [9.17, 15) is 19.2 Å². The van der Waals surface area contributed by atoms with Crippen molar-refractivity contribution in [2.45, 2.75) is 39.0 Å². The number of ether oxygens (including phenoxy) is 1. The van der Waals surface area contributed by atoms with Gasteiger partial charge in [0.15, 0.2) is 0 Å². The molecule has 2 aromatic carbocycles. The molecule has 34 heavy (non-hydrogen) atoms. The number of rotatable bonds is 4. The number of carbonyl (C=O) groups excluding carboxylic acids is 4. The Bertz CT molecular complexity index is 1150. The predicted octanol–water partition coefficient (Wildman–Crippen LogP) is 4.29. The minimum atomic E-state index is -0.600. The van der Waals surface area contributed by atoms with Crippen LogP contribution in [0.3, 0.4) is 0 Å². The number of aryl methyl sites for hydroxylation is 1. The van der Waals surface area contributed by atoms with E-state index in [4.69, 9.17) is 16.3 Å². The maximum atomic E-state index is 12.8. The summed E-state index contributed by atoms with van der Waals surface area (Å²) in [5.41, 5.74) is 2.05. The van der Waals surface area contributed by atoms with E-state index in [1.54, 1.807) is 35.2 Å². The highest BCUT2D eigenvalue weighted by molar-refractivity contribution is 6.31. The summed E-state index contributed by atoms with van der Waals surface area (Å²) < 4.78 is 5.51. The maximum absolute atomic E-state index is 12.8. The van der Waals surface area contributed by atoms with Crippen molar-refractivity contribution in [3.8, 4) is 5.75 Å². The van der Waals surface area contributed by atoms with E-state index in [1.165, 1.54) is 4.90 Å². The van der Waals surface area contributed by atoms with Gasteiger partial charge in [-0.3, -0.25) is 24.1 Å². The van der Waals surface area contributed by atoms with Gasteiger partial charge in [-0.05, 0) is 61.7 Å². The van der Waals surface area contributed by atoms with Gasteiger partial charge in [-0.25, -0.2) is 0 Å². The number of imide groups is 1. The molecule has 0 N–H and O–H groups in total. The second-order valence-corrected chi connectivity index (χ2v) is 9.67. The average Bonchev–Trinajstić information content (AvgIpc) is 3.34. The summed E-state index contributed by atoms with van der Waals surface area (Å²) >= 11 is 6.18. The topological polar surface area (TPSA) is 84.0 Å².